The molecule has 2 amide bonds. The van der Waals surface area contributed by atoms with E-state index < -0.39 is 6.10 Å². The summed E-state index contributed by atoms with van der Waals surface area (Å²) in [6.45, 7) is 2.46. The number of carbonyl (C=O) groups is 1. The third-order valence-electron chi connectivity index (χ3n) is 4.16. The fourth-order valence-corrected chi connectivity index (χ4v) is 2.77. The monoisotopic (exact) mass is 346 g/mol. The molecule has 0 heterocycles. The lowest BCUT2D eigenvalue weighted by Gasteiger charge is -2.12. The molecule has 0 aliphatic heterocycles. The van der Waals surface area contributed by atoms with Crippen molar-refractivity contribution in [2.24, 2.45) is 0 Å². The van der Waals surface area contributed by atoms with Gasteiger partial charge in [-0.2, -0.15) is 0 Å². The van der Waals surface area contributed by atoms with Gasteiger partial charge in [0.05, 0.1) is 0 Å². The lowest BCUT2D eigenvalue weighted by Crippen LogP contribution is -2.28. The zero-order valence-electron chi connectivity index (χ0n) is 14.6. The fraction of sp³-hybridized carbons (Fsp3) is 0.136. The summed E-state index contributed by atoms with van der Waals surface area (Å²) in [4.78, 5) is 11.5. The van der Waals surface area contributed by atoms with Crippen LogP contribution in [0.5, 0.6) is 0 Å². The Bertz CT molecular complexity index is 844. The van der Waals surface area contributed by atoms with Crippen LogP contribution in [-0.2, 0) is 0 Å². The van der Waals surface area contributed by atoms with Gasteiger partial charge in [-0.05, 0) is 41.3 Å². The summed E-state index contributed by atoms with van der Waals surface area (Å²) >= 11 is 0. The van der Waals surface area contributed by atoms with E-state index in [0.717, 1.165) is 27.9 Å². The van der Waals surface area contributed by atoms with Crippen molar-refractivity contribution in [3.8, 4) is 11.1 Å². The highest BCUT2D eigenvalue weighted by atomic mass is 16.3. The molecule has 1 unspecified atom stereocenters. The first-order valence-electron chi connectivity index (χ1n) is 8.65. The summed E-state index contributed by atoms with van der Waals surface area (Å²) in [7, 11) is 0. The Hall–Kier alpha value is -3.11. The molecule has 1 atom stereocenters. The molecule has 26 heavy (non-hydrogen) atoms. The number of rotatable bonds is 5. The van der Waals surface area contributed by atoms with Crippen LogP contribution in [0, 0.1) is 0 Å². The SMILES string of the molecule is CCNC(=O)Nc1ccc(-c2ccc(C(O)c3ccccc3)cc2)cc1. The normalized spacial score (nSPS) is 11.6. The maximum Gasteiger partial charge on any atom is 0.319 e. The van der Waals surface area contributed by atoms with Crippen LogP contribution in [0.4, 0.5) is 10.5 Å². The Morgan fingerprint density at radius 1 is 0.846 bits per heavy atom. The summed E-state index contributed by atoms with van der Waals surface area (Å²) in [6, 6.07) is 24.9. The van der Waals surface area contributed by atoms with Gasteiger partial charge < -0.3 is 15.7 Å². The first-order valence-corrected chi connectivity index (χ1v) is 8.65. The van der Waals surface area contributed by atoms with Crippen molar-refractivity contribution < 1.29 is 9.90 Å². The number of carbonyl (C=O) groups excluding carboxylic acids is 1. The summed E-state index contributed by atoms with van der Waals surface area (Å²) in [5.41, 5.74) is 4.58. The Morgan fingerprint density at radius 3 is 1.96 bits per heavy atom. The van der Waals surface area contributed by atoms with Crippen LogP contribution >= 0.6 is 0 Å². The van der Waals surface area contributed by atoms with Crippen molar-refractivity contribution in [1.29, 1.82) is 0 Å². The van der Waals surface area contributed by atoms with Crippen molar-refractivity contribution in [2.75, 3.05) is 11.9 Å². The summed E-state index contributed by atoms with van der Waals surface area (Å²) in [5, 5.41) is 15.9. The van der Waals surface area contributed by atoms with Crippen molar-refractivity contribution in [3.05, 3.63) is 90.0 Å². The van der Waals surface area contributed by atoms with Crippen molar-refractivity contribution >= 4 is 11.7 Å². The number of aliphatic hydroxyl groups is 1. The van der Waals surface area contributed by atoms with Gasteiger partial charge >= 0.3 is 6.03 Å². The lowest BCUT2D eigenvalue weighted by molar-refractivity contribution is 0.220. The average Bonchev–Trinajstić information content (AvgIpc) is 2.69. The number of nitrogens with one attached hydrogen (secondary N) is 2. The first kappa shape index (κ1) is 17.7. The molecule has 0 saturated carbocycles. The molecule has 0 aromatic heterocycles. The second-order valence-electron chi connectivity index (χ2n) is 6.00. The highest BCUT2D eigenvalue weighted by molar-refractivity contribution is 5.89. The van der Waals surface area contributed by atoms with Crippen LogP contribution < -0.4 is 10.6 Å². The smallest absolute Gasteiger partial charge is 0.319 e. The molecule has 4 heteroatoms. The molecule has 0 spiro atoms. The van der Waals surface area contributed by atoms with E-state index in [-0.39, 0.29) is 6.03 Å². The maximum absolute atomic E-state index is 11.5. The van der Waals surface area contributed by atoms with Crippen molar-refractivity contribution in [2.45, 2.75) is 13.0 Å². The summed E-state index contributed by atoms with van der Waals surface area (Å²) in [5.74, 6) is 0. The highest BCUT2D eigenvalue weighted by Crippen LogP contribution is 2.26. The molecular formula is C22H22N2O2. The molecule has 0 radical (unpaired) electrons. The number of amides is 2. The van der Waals surface area contributed by atoms with E-state index in [9.17, 15) is 9.90 Å². The number of urea groups is 1. The Labute approximate surface area is 153 Å². The molecule has 0 aliphatic carbocycles. The van der Waals surface area contributed by atoms with Gasteiger partial charge in [0.1, 0.15) is 6.10 Å². The van der Waals surface area contributed by atoms with E-state index in [1.54, 1.807) is 0 Å². The molecular weight excluding hydrogens is 324 g/mol. The second-order valence-corrected chi connectivity index (χ2v) is 6.00. The Kier molecular flexibility index (Phi) is 5.66. The number of hydrogen-bond donors (Lipinski definition) is 3. The Balaban J connectivity index is 1.71. The number of hydrogen-bond acceptors (Lipinski definition) is 2. The molecule has 3 aromatic rings. The minimum atomic E-state index is -0.631. The molecule has 3 aromatic carbocycles. The van der Waals surface area contributed by atoms with E-state index in [1.165, 1.54) is 0 Å². The third kappa shape index (κ3) is 4.29. The second kappa shape index (κ2) is 8.32. The Morgan fingerprint density at radius 2 is 1.38 bits per heavy atom. The summed E-state index contributed by atoms with van der Waals surface area (Å²) in [6.07, 6.45) is -0.631. The minimum absolute atomic E-state index is 0.209. The average molecular weight is 346 g/mol. The van der Waals surface area contributed by atoms with Crippen LogP contribution in [0.1, 0.15) is 24.2 Å². The molecule has 4 nitrogen and oxygen atoms in total. The molecule has 3 N–H and O–H groups in total. The van der Waals surface area contributed by atoms with Crippen molar-refractivity contribution in [1.82, 2.24) is 5.32 Å². The van der Waals surface area contributed by atoms with Gasteiger partial charge in [-0.25, -0.2) is 4.79 Å². The first-order chi connectivity index (χ1) is 12.7. The minimum Gasteiger partial charge on any atom is -0.384 e. The van der Waals surface area contributed by atoms with E-state index in [0.29, 0.717) is 6.54 Å². The molecule has 0 fully saturated rings. The van der Waals surface area contributed by atoms with Gasteiger partial charge in [-0.15, -0.1) is 0 Å². The van der Waals surface area contributed by atoms with Crippen LogP contribution in [0.2, 0.25) is 0 Å². The quantitative estimate of drug-likeness (QED) is 0.633. The van der Waals surface area contributed by atoms with Crippen LogP contribution in [-0.4, -0.2) is 17.7 Å². The van der Waals surface area contributed by atoms with Crippen LogP contribution in [0.15, 0.2) is 78.9 Å². The maximum atomic E-state index is 11.5. The predicted molar refractivity (Wildman–Crippen MR) is 105 cm³/mol. The summed E-state index contributed by atoms with van der Waals surface area (Å²) < 4.78 is 0. The topological polar surface area (TPSA) is 61.4 Å². The molecule has 0 aliphatic rings. The van der Waals surface area contributed by atoms with Gasteiger partial charge in [-0.3, -0.25) is 0 Å². The fourth-order valence-electron chi connectivity index (χ4n) is 2.77. The van der Waals surface area contributed by atoms with Crippen molar-refractivity contribution in [3.63, 3.8) is 0 Å². The zero-order chi connectivity index (χ0) is 18.4. The predicted octanol–water partition coefficient (Wildman–Crippen LogP) is 4.58. The van der Waals surface area contributed by atoms with Gasteiger partial charge in [0.15, 0.2) is 0 Å². The molecule has 0 bridgehead atoms. The van der Waals surface area contributed by atoms with E-state index >= 15 is 0 Å². The number of aliphatic hydroxyl groups excluding tert-OH is 1. The van der Waals surface area contributed by atoms with E-state index in [2.05, 4.69) is 10.6 Å². The zero-order valence-corrected chi connectivity index (χ0v) is 14.6. The van der Waals surface area contributed by atoms with Crippen LogP contribution in [0.3, 0.4) is 0 Å². The molecule has 0 saturated heterocycles. The van der Waals surface area contributed by atoms with E-state index in [4.69, 9.17) is 0 Å². The van der Waals surface area contributed by atoms with Gasteiger partial charge in [0.2, 0.25) is 0 Å². The van der Waals surface area contributed by atoms with Gasteiger partial charge in [0.25, 0.3) is 0 Å². The number of anilines is 1. The number of benzene rings is 3. The van der Waals surface area contributed by atoms with E-state index in [1.807, 2.05) is 85.8 Å². The largest absolute Gasteiger partial charge is 0.384 e. The third-order valence-corrected chi connectivity index (χ3v) is 4.16. The molecule has 3 rings (SSSR count). The highest BCUT2D eigenvalue weighted by Gasteiger charge is 2.10. The molecule has 132 valence electrons. The van der Waals surface area contributed by atoms with Gasteiger partial charge in [-0.1, -0.05) is 66.7 Å². The van der Waals surface area contributed by atoms with Crippen LogP contribution in [0.25, 0.3) is 11.1 Å². The lowest BCUT2D eigenvalue weighted by atomic mass is 9.98. The van der Waals surface area contributed by atoms with Gasteiger partial charge in [0, 0.05) is 12.2 Å². The standard InChI is InChI=1S/C22H22N2O2/c1-2-23-22(26)24-20-14-12-17(13-15-20)16-8-10-19(11-9-16)21(25)18-6-4-3-5-7-18/h3-15,21,25H,2H2,1H3,(H2,23,24,26).